The lowest BCUT2D eigenvalue weighted by molar-refractivity contribution is -0.163. The summed E-state index contributed by atoms with van der Waals surface area (Å²) in [5.74, 6) is 0.544. The summed E-state index contributed by atoms with van der Waals surface area (Å²) in [5.41, 5.74) is 2.75. The second kappa shape index (κ2) is 6.35. The fraction of sp³-hybridized carbons (Fsp3) is 0.600. The molecule has 1 aliphatic rings. The lowest BCUT2D eigenvalue weighted by Gasteiger charge is -2.23. The number of hydrogen-bond acceptors (Lipinski definition) is 2. The van der Waals surface area contributed by atoms with E-state index in [0.29, 0.717) is 9.84 Å². The van der Waals surface area contributed by atoms with Crippen LogP contribution in [0.5, 0.6) is 0 Å². The number of fused-ring (bicyclic) bond motifs is 1. The molecule has 0 radical (unpaired) electrons. The van der Waals surface area contributed by atoms with Crippen molar-refractivity contribution in [3.63, 3.8) is 0 Å². The molecule has 3 atom stereocenters. The van der Waals surface area contributed by atoms with Crippen molar-refractivity contribution in [2.24, 2.45) is 5.92 Å². The molecule has 0 amide bonds. The van der Waals surface area contributed by atoms with Crippen molar-refractivity contribution in [2.45, 2.75) is 43.5 Å². The summed E-state index contributed by atoms with van der Waals surface area (Å²) < 4.78 is 12.3. The zero-order chi connectivity index (χ0) is 13.1. The van der Waals surface area contributed by atoms with E-state index in [9.17, 15) is 0 Å². The highest BCUT2D eigenvalue weighted by Crippen LogP contribution is 2.39. The molecule has 3 unspecified atom stereocenters. The Morgan fingerprint density at radius 3 is 2.72 bits per heavy atom. The molecule has 0 spiro atoms. The molecule has 1 aromatic carbocycles. The van der Waals surface area contributed by atoms with Gasteiger partial charge in [-0.3, -0.25) is 0 Å². The van der Waals surface area contributed by atoms with Crippen LogP contribution in [0.2, 0.25) is 0 Å². The van der Waals surface area contributed by atoms with E-state index in [1.807, 2.05) is 6.92 Å². The first-order valence-electron chi connectivity index (χ1n) is 6.57. The summed E-state index contributed by atoms with van der Waals surface area (Å²) in [6, 6.07) is 8.56. The van der Waals surface area contributed by atoms with Crippen LogP contribution in [0.1, 0.15) is 38.0 Å². The van der Waals surface area contributed by atoms with Gasteiger partial charge in [-0.1, -0.05) is 60.7 Å². The predicted octanol–water partition coefficient (Wildman–Crippen LogP) is 4.12. The van der Waals surface area contributed by atoms with E-state index in [4.69, 9.17) is 9.47 Å². The fourth-order valence-corrected chi connectivity index (χ4v) is 3.27. The van der Waals surface area contributed by atoms with Gasteiger partial charge in [0.2, 0.25) is 0 Å². The Morgan fingerprint density at radius 2 is 2.00 bits per heavy atom. The number of hydrogen-bond donors (Lipinski definition) is 0. The Kier molecular flexibility index (Phi) is 5.04. The third-order valence-electron chi connectivity index (χ3n) is 3.11. The minimum atomic E-state index is -0.138. The van der Waals surface area contributed by atoms with Gasteiger partial charge in [0.25, 0.3) is 0 Å². The molecule has 1 aliphatic carbocycles. The smallest absolute Gasteiger partial charge is 0.155 e. The molecular weight excluding hydrogens is 339 g/mol. The molecule has 2 rings (SSSR count). The topological polar surface area (TPSA) is 18.5 Å². The first-order chi connectivity index (χ1) is 8.58. The van der Waals surface area contributed by atoms with Gasteiger partial charge in [0.15, 0.2) is 6.29 Å². The first-order valence-corrected chi connectivity index (χ1v) is 7.81. The third kappa shape index (κ3) is 3.45. The van der Waals surface area contributed by atoms with Crippen molar-refractivity contribution in [1.82, 2.24) is 0 Å². The number of benzene rings is 1. The van der Waals surface area contributed by atoms with Gasteiger partial charge < -0.3 is 9.47 Å². The Hall–Kier alpha value is -0.130. The third-order valence-corrected chi connectivity index (χ3v) is 4.20. The molecule has 0 N–H and O–H groups in total. The van der Waals surface area contributed by atoms with Gasteiger partial charge in [0.05, 0.1) is 12.7 Å². The quantitative estimate of drug-likeness (QED) is 0.447. The molecule has 0 aromatic heterocycles. The summed E-state index contributed by atoms with van der Waals surface area (Å²) in [7, 11) is 0. The van der Waals surface area contributed by atoms with Crippen LogP contribution in [-0.2, 0) is 15.9 Å². The van der Waals surface area contributed by atoms with Crippen LogP contribution in [0.15, 0.2) is 24.3 Å². The highest BCUT2D eigenvalue weighted by Gasteiger charge is 2.32. The van der Waals surface area contributed by atoms with Crippen LogP contribution in [-0.4, -0.2) is 16.8 Å². The highest BCUT2D eigenvalue weighted by molar-refractivity contribution is 14.1. The van der Waals surface area contributed by atoms with Crippen LogP contribution in [0, 0.1) is 5.92 Å². The largest absolute Gasteiger partial charge is 0.353 e. The molecule has 3 heteroatoms. The molecular formula is C15H21IO2. The minimum Gasteiger partial charge on any atom is -0.353 e. The number of ether oxygens (including phenoxy) is 2. The van der Waals surface area contributed by atoms with Crippen LogP contribution < -0.4 is 0 Å². The summed E-state index contributed by atoms with van der Waals surface area (Å²) in [6.07, 6.45) is 1.13. The van der Waals surface area contributed by atoms with Gasteiger partial charge in [-0.2, -0.15) is 0 Å². The van der Waals surface area contributed by atoms with Gasteiger partial charge in [0, 0.05) is 3.92 Å². The summed E-state index contributed by atoms with van der Waals surface area (Å²) in [4.78, 5) is 0. The monoisotopic (exact) mass is 360 g/mol. The maximum atomic E-state index is 6.07. The van der Waals surface area contributed by atoms with E-state index in [-0.39, 0.29) is 12.4 Å². The van der Waals surface area contributed by atoms with Crippen molar-refractivity contribution in [3.05, 3.63) is 35.4 Å². The van der Waals surface area contributed by atoms with E-state index in [2.05, 4.69) is 60.7 Å². The summed E-state index contributed by atoms with van der Waals surface area (Å²) >= 11 is 2.48. The number of alkyl halides is 1. The number of halogens is 1. The second-order valence-electron chi connectivity index (χ2n) is 5.27. The van der Waals surface area contributed by atoms with Crippen molar-refractivity contribution >= 4 is 22.6 Å². The number of rotatable bonds is 5. The van der Waals surface area contributed by atoms with Gasteiger partial charge in [-0.05, 0) is 30.4 Å². The van der Waals surface area contributed by atoms with E-state index in [1.54, 1.807) is 0 Å². The lowest BCUT2D eigenvalue weighted by Crippen LogP contribution is -2.21. The lowest BCUT2D eigenvalue weighted by atomic mass is 10.1. The molecule has 1 aromatic rings. The van der Waals surface area contributed by atoms with E-state index in [0.717, 1.165) is 13.0 Å². The summed E-state index contributed by atoms with van der Waals surface area (Å²) in [5, 5.41) is 0. The average molecular weight is 360 g/mol. The molecule has 0 heterocycles. The molecule has 0 saturated carbocycles. The van der Waals surface area contributed by atoms with Gasteiger partial charge >= 0.3 is 0 Å². The fourth-order valence-electron chi connectivity index (χ4n) is 2.24. The van der Waals surface area contributed by atoms with E-state index >= 15 is 0 Å². The van der Waals surface area contributed by atoms with Crippen molar-refractivity contribution in [1.29, 1.82) is 0 Å². The predicted molar refractivity (Wildman–Crippen MR) is 82.0 cm³/mol. The van der Waals surface area contributed by atoms with Crippen molar-refractivity contribution < 1.29 is 9.47 Å². The standard InChI is InChI=1S/C15H21IO2/c1-10(2)9-17-11(3)18-15-13-7-5-4-6-12(13)8-14(15)16/h4-7,10-11,14-15H,8-9H2,1-3H3. The van der Waals surface area contributed by atoms with Gasteiger partial charge in [-0.15, -0.1) is 0 Å². The Balaban J connectivity index is 1.97. The average Bonchev–Trinajstić information content (AvgIpc) is 2.64. The van der Waals surface area contributed by atoms with Crippen LogP contribution in [0.3, 0.4) is 0 Å². The van der Waals surface area contributed by atoms with E-state index < -0.39 is 0 Å². The minimum absolute atomic E-state index is 0.138. The zero-order valence-corrected chi connectivity index (χ0v) is 13.4. The van der Waals surface area contributed by atoms with Crippen LogP contribution in [0.4, 0.5) is 0 Å². The molecule has 18 heavy (non-hydrogen) atoms. The Labute approximate surface area is 123 Å². The van der Waals surface area contributed by atoms with Gasteiger partial charge in [-0.25, -0.2) is 0 Å². The van der Waals surface area contributed by atoms with Gasteiger partial charge in [0.1, 0.15) is 0 Å². The SMILES string of the molecule is CC(C)COC(C)OC1c2ccccc2CC1I. The Bertz CT molecular complexity index is 392. The second-order valence-corrected chi connectivity index (χ2v) is 6.87. The molecule has 0 fully saturated rings. The van der Waals surface area contributed by atoms with Crippen molar-refractivity contribution in [3.8, 4) is 0 Å². The zero-order valence-electron chi connectivity index (χ0n) is 11.2. The molecule has 0 bridgehead atoms. The van der Waals surface area contributed by atoms with Crippen LogP contribution in [0.25, 0.3) is 0 Å². The Morgan fingerprint density at radius 1 is 1.28 bits per heavy atom. The molecule has 100 valence electrons. The first kappa shape index (κ1) is 14.3. The highest BCUT2D eigenvalue weighted by atomic mass is 127. The summed E-state index contributed by atoms with van der Waals surface area (Å²) in [6.45, 7) is 7.05. The normalized spacial score (nSPS) is 24.3. The van der Waals surface area contributed by atoms with E-state index in [1.165, 1.54) is 11.1 Å². The maximum Gasteiger partial charge on any atom is 0.155 e. The molecule has 0 saturated heterocycles. The molecule has 2 nitrogen and oxygen atoms in total. The van der Waals surface area contributed by atoms with Crippen LogP contribution >= 0.6 is 22.6 Å². The maximum absolute atomic E-state index is 6.07. The van der Waals surface area contributed by atoms with Crippen molar-refractivity contribution in [2.75, 3.05) is 6.61 Å². The molecule has 0 aliphatic heterocycles.